The highest BCUT2D eigenvalue weighted by atomic mass is 16.5. The number of amides is 2. The lowest BCUT2D eigenvalue weighted by atomic mass is 9.98. The van der Waals surface area contributed by atoms with Crippen LogP contribution >= 0.6 is 0 Å². The van der Waals surface area contributed by atoms with Gasteiger partial charge in [-0.15, -0.1) is 0 Å². The van der Waals surface area contributed by atoms with Crippen LogP contribution in [-0.2, 0) is 4.74 Å². The molecule has 156 valence electrons. The Kier molecular flexibility index (Phi) is 8.27. The number of hydrogen-bond donors (Lipinski definition) is 1. The number of rotatable bonds is 8. The van der Waals surface area contributed by atoms with Crippen LogP contribution in [0.3, 0.4) is 0 Å². The molecule has 1 heterocycles. The Labute approximate surface area is 169 Å². The van der Waals surface area contributed by atoms with Crippen LogP contribution in [-0.4, -0.2) is 63.0 Å². The summed E-state index contributed by atoms with van der Waals surface area (Å²) in [7, 11) is 0. The summed E-state index contributed by atoms with van der Waals surface area (Å²) in [6.07, 6.45) is 7.65. The van der Waals surface area contributed by atoms with E-state index in [0.29, 0.717) is 19.3 Å². The van der Waals surface area contributed by atoms with Crippen molar-refractivity contribution < 1.29 is 14.3 Å². The molecule has 1 aliphatic heterocycles. The Balaban J connectivity index is 1.33. The molecule has 6 nitrogen and oxygen atoms in total. The van der Waals surface area contributed by atoms with Gasteiger partial charge in [0.2, 0.25) is 0 Å². The summed E-state index contributed by atoms with van der Waals surface area (Å²) in [5, 5.41) is 3.04. The molecule has 0 unspecified atom stereocenters. The van der Waals surface area contributed by atoms with Gasteiger partial charge in [0.15, 0.2) is 0 Å². The van der Waals surface area contributed by atoms with Gasteiger partial charge in [0, 0.05) is 39.3 Å². The van der Waals surface area contributed by atoms with Crippen molar-refractivity contribution in [3.63, 3.8) is 0 Å². The molecule has 28 heavy (non-hydrogen) atoms. The predicted molar refractivity (Wildman–Crippen MR) is 112 cm³/mol. The fourth-order valence-electron chi connectivity index (χ4n) is 4.01. The molecule has 1 aromatic carbocycles. The molecule has 0 atom stereocenters. The minimum atomic E-state index is 0.0374. The highest BCUT2D eigenvalue weighted by molar-refractivity contribution is 5.74. The normalized spacial score (nSPS) is 18.2. The fraction of sp³-hybridized carbons (Fsp3) is 0.682. The molecule has 0 spiro atoms. The standard InChI is InChI=1S/C22H35N3O3/c1-2-27-21-12-7-6-11-20(21)24-14-16-25(17-15-24)22(26)23-13-8-18-28-19-9-4-3-5-10-19/h6-7,11-12,19H,2-5,8-10,13-18H2,1H3,(H,23,26). The van der Waals surface area contributed by atoms with Gasteiger partial charge in [-0.2, -0.15) is 0 Å². The van der Waals surface area contributed by atoms with Crippen molar-refractivity contribution in [2.75, 3.05) is 50.8 Å². The fourth-order valence-corrected chi connectivity index (χ4v) is 4.01. The van der Waals surface area contributed by atoms with Crippen LogP contribution in [0.1, 0.15) is 45.4 Å². The molecule has 1 aliphatic carbocycles. The molecule has 1 saturated heterocycles. The Morgan fingerprint density at radius 3 is 2.61 bits per heavy atom. The number of hydrogen-bond acceptors (Lipinski definition) is 4. The van der Waals surface area contributed by atoms with Crippen LogP contribution in [0.25, 0.3) is 0 Å². The van der Waals surface area contributed by atoms with Gasteiger partial charge >= 0.3 is 6.03 Å². The average molecular weight is 390 g/mol. The molecule has 2 fully saturated rings. The van der Waals surface area contributed by atoms with Crippen LogP contribution in [0, 0.1) is 0 Å². The van der Waals surface area contributed by atoms with E-state index in [1.807, 2.05) is 30.0 Å². The van der Waals surface area contributed by atoms with Crippen molar-refractivity contribution in [2.45, 2.75) is 51.6 Å². The van der Waals surface area contributed by atoms with Crippen molar-refractivity contribution in [1.29, 1.82) is 0 Å². The SMILES string of the molecule is CCOc1ccccc1N1CCN(C(=O)NCCCOC2CCCCC2)CC1. The molecule has 1 saturated carbocycles. The van der Waals surface area contributed by atoms with E-state index in [1.165, 1.54) is 32.1 Å². The van der Waals surface area contributed by atoms with Crippen molar-refractivity contribution in [1.82, 2.24) is 10.2 Å². The van der Waals surface area contributed by atoms with E-state index in [9.17, 15) is 4.79 Å². The molecule has 2 amide bonds. The quantitative estimate of drug-likeness (QED) is 0.690. The summed E-state index contributed by atoms with van der Waals surface area (Å²) >= 11 is 0. The van der Waals surface area contributed by atoms with Gasteiger partial charge in [0.25, 0.3) is 0 Å². The monoisotopic (exact) mass is 389 g/mol. The number of anilines is 1. The van der Waals surface area contributed by atoms with Crippen molar-refractivity contribution in [2.24, 2.45) is 0 Å². The maximum atomic E-state index is 12.4. The largest absolute Gasteiger partial charge is 0.492 e. The van der Waals surface area contributed by atoms with Crippen molar-refractivity contribution in [3.05, 3.63) is 24.3 Å². The van der Waals surface area contributed by atoms with Gasteiger partial charge in [-0.05, 0) is 38.3 Å². The molecule has 0 radical (unpaired) electrons. The van der Waals surface area contributed by atoms with E-state index >= 15 is 0 Å². The third-order valence-electron chi connectivity index (χ3n) is 5.58. The van der Waals surface area contributed by atoms with E-state index in [2.05, 4.69) is 16.3 Å². The summed E-state index contributed by atoms with van der Waals surface area (Å²) in [6, 6.07) is 8.17. The van der Waals surface area contributed by atoms with Crippen LogP contribution in [0.2, 0.25) is 0 Å². The molecular formula is C22H35N3O3. The highest BCUT2D eigenvalue weighted by Gasteiger charge is 2.22. The Morgan fingerprint density at radius 2 is 1.86 bits per heavy atom. The average Bonchev–Trinajstić information content (AvgIpc) is 2.75. The van der Waals surface area contributed by atoms with E-state index in [4.69, 9.17) is 9.47 Å². The van der Waals surface area contributed by atoms with Crippen LogP contribution in [0.15, 0.2) is 24.3 Å². The third kappa shape index (κ3) is 6.03. The number of benzene rings is 1. The summed E-state index contributed by atoms with van der Waals surface area (Å²) in [4.78, 5) is 16.6. The number of para-hydroxylation sites is 2. The van der Waals surface area contributed by atoms with Gasteiger partial charge in [-0.3, -0.25) is 0 Å². The highest BCUT2D eigenvalue weighted by Crippen LogP contribution is 2.28. The molecule has 0 bridgehead atoms. The summed E-state index contributed by atoms with van der Waals surface area (Å²) < 4.78 is 11.7. The molecule has 1 aromatic rings. The van der Waals surface area contributed by atoms with Crippen LogP contribution in [0.4, 0.5) is 10.5 Å². The molecule has 6 heteroatoms. The van der Waals surface area contributed by atoms with Gasteiger partial charge < -0.3 is 24.6 Å². The van der Waals surface area contributed by atoms with E-state index in [-0.39, 0.29) is 6.03 Å². The lowest BCUT2D eigenvalue weighted by Crippen LogP contribution is -2.52. The van der Waals surface area contributed by atoms with E-state index < -0.39 is 0 Å². The van der Waals surface area contributed by atoms with Gasteiger partial charge in [0.1, 0.15) is 5.75 Å². The number of nitrogens with one attached hydrogen (secondary N) is 1. The maximum absolute atomic E-state index is 12.4. The number of piperazine rings is 1. The third-order valence-corrected chi connectivity index (χ3v) is 5.58. The summed E-state index contributed by atoms with van der Waals surface area (Å²) in [5.41, 5.74) is 1.12. The van der Waals surface area contributed by atoms with Gasteiger partial charge in [-0.25, -0.2) is 4.79 Å². The molecule has 0 aromatic heterocycles. The summed E-state index contributed by atoms with van der Waals surface area (Å²) in [5.74, 6) is 0.917. The number of carbonyl (C=O) groups excluding carboxylic acids is 1. The smallest absolute Gasteiger partial charge is 0.317 e. The van der Waals surface area contributed by atoms with E-state index in [0.717, 1.165) is 50.6 Å². The first-order chi connectivity index (χ1) is 13.8. The first-order valence-corrected chi connectivity index (χ1v) is 10.9. The molecule has 3 rings (SSSR count). The number of nitrogens with zero attached hydrogens (tertiary/aromatic N) is 2. The van der Waals surface area contributed by atoms with Crippen molar-refractivity contribution >= 4 is 11.7 Å². The zero-order valence-corrected chi connectivity index (χ0v) is 17.2. The van der Waals surface area contributed by atoms with Crippen LogP contribution in [0.5, 0.6) is 5.75 Å². The Morgan fingerprint density at radius 1 is 1.11 bits per heavy atom. The Hall–Kier alpha value is -1.95. The minimum Gasteiger partial charge on any atom is -0.492 e. The predicted octanol–water partition coefficient (Wildman–Crippen LogP) is 3.66. The lowest BCUT2D eigenvalue weighted by Gasteiger charge is -2.36. The molecular weight excluding hydrogens is 354 g/mol. The second-order valence-corrected chi connectivity index (χ2v) is 7.59. The first-order valence-electron chi connectivity index (χ1n) is 10.9. The lowest BCUT2D eigenvalue weighted by molar-refractivity contribution is 0.0274. The zero-order chi connectivity index (χ0) is 19.6. The van der Waals surface area contributed by atoms with E-state index in [1.54, 1.807) is 0 Å². The maximum Gasteiger partial charge on any atom is 0.317 e. The second kappa shape index (κ2) is 11.1. The molecule has 1 N–H and O–H groups in total. The van der Waals surface area contributed by atoms with Crippen LogP contribution < -0.4 is 15.0 Å². The zero-order valence-electron chi connectivity index (χ0n) is 17.2. The topological polar surface area (TPSA) is 54.0 Å². The molecule has 2 aliphatic rings. The number of carbonyl (C=O) groups is 1. The second-order valence-electron chi connectivity index (χ2n) is 7.59. The number of ether oxygens (including phenoxy) is 2. The van der Waals surface area contributed by atoms with Crippen molar-refractivity contribution in [3.8, 4) is 5.75 Å². The summed E-state index contributed by atoms with van der Waals surface area (Å²) in [6.45, 7) is 7.18. The first kappa shape index (κ1) is 20.8. The van der Waals surface area contributed by atoms with Gasteiger partial charge in [-0.1, -0.05) is 31.4 Å². The van der Waals surface area contributed by atoms with Gasteiger partial charge in [0.05, 0.1) is 18.4 Å². The minimum absolute atomic E-state index is 0.0374. The number of urea groups is 1. The Bertz CT molecular complexity index is 596.